The van der Waals surface area contributed by atoms with Gasteiger partial charge in [0, 0.05) is 37.8 Å². The molecule has 3 aromatic rings. The Morgan fingerprint density at radius 2 is 1.83 bits per heavy atom. The van der Waals surface area contributed by atoms with Crippen molar-refractivity contribution in [2.45, 2.75) is 19.9 Å². The van der Waals surface area contributed by atoms with Gasteiger partial charge >= 0.3 is 0 Å². The van der Waals surface area contributed by atoms with Crippen molar-refractivity contribution in [3.63, 3.8) is 0 Å². The van der Waals surface area contributed by atoms with Crippen LogP contribution < -0.4 is 9.47 Å². The fourth-order valence-corrected chi connectivity index (χ4v) is 4.73. The van der Waals surface area contributed by atoms with Crippen LogP contribution in [0.3, 0.4) is 0 Å². The Balaban J connectivity index is 1.80. The van der Waals surface area contributed by atoms with E-state index in [0.717, 1.165) is 6.54 Å². The Morgan fingerprint density at radius 3 is 2.58 bits per heavy atom. The molecule has 2 heterocycles. The molecule has 0 spiro atoms. The highest BCUT2D eigenvalue weighted by atomic mass is 32.1. The maximum atomic E-state index is 2.50. The molecule has 1 unspecified atom stereocenters. The van der Waals surface area contributed by atoms with Crippen LogP contribution in [0.1, 0.15) is 23.9 Å². The molecule has 24 heavy (non-hydrogen) atoms. The van der Waals surface area contributed by atoms with Crippen molar-refractivity contribution in [1.29, 1.82) is 0 Å². The average Bonchev–Trinajstić information content (AvgIpc) is 2.97. The van der Waals surface area contributed by atoms with E-state index in [1.54, 1.807) is 0 Å². The highest BCUT2D eigenvalue weighted by molar-refractivity contribution is 7.19. The maximum absolute atomic E-state index is 2.50. The molecule has 0 amide bonds. The van der Waals surface area contributed by atoms with E-state index in [-0.39, 0.29) is 0 Å². The van der Waals surface area contributed by atoms with Crippen molar-refractivity contribution in [3.05, 3.63) is 59.1 Å². The lowest BCUT2D eigenvalue weighted by atomic mass is 9.93. The summed E-state index contributed by atoms with van der Waals surface area (Å²) in [6.07, 6.45) is 3.59. The summed E-state index contributed by atoms with van der Waals surface area (Å²) in [4.78, 5) is 2.14. The van der Waals surface area contributed by atoms with Crippen molar-refractivity contribution in [2.24, 2.45) is 5.92 Å². The fourth-order valence-electron chi connectivity index (χ4n) is 3.41. The van der Waals surface area contributed by atoms with E-state index >= 15 is 0 Å². The first-order valence-electron chi connectivity index (χ1n) is 8.54. The van der Waals surface area contributed by atoms with Gasteiger partial charge in [0.1, 0.15) is 4.70 Å². The summed E-state index contributed by atoms with van der Waals surface area (Å²) in [7, 11) is 4.16. The summed E-state index contributed by atoms with van der Waals surface area (Å²) in [6.45, 7) is 3.48. The van der Waals surface area contributed by atoms with E-state index in [4.69, 9.17) is 0 Å². The van der Waals surface area contributed by atoms with Gasteiger partial charge < -0.3 is 4.90 Å². The molecule has 0 aliphatic carbocycles. The number of rotatable bonds is 2. The first kappa shape index (κ1) is 15.4. The van der Waals surface area contributed by atoms with Gasteiger partial charge in [-0.25, -0.2) is 0 Å². The number of para-hydroxylation sites is 1. The summed E-state index contributed by atoms with van der Waals surface area (Å²) in [5.41, 5.74) is 5.37. The standard InChI is InChI=1S/C21H23N2S/c1-15-12-13-23-19-6-4-5-7-20(19)24-21(23)18(15)14-16-8-10-17(11-9-16)22(2)3/h4-11,14-15H,12-13H2,1-3H3/q+1. The molecule has 0 radical (unpaired) electrons. The number of fused-ring (bicyclic) bond motifs is 3. The van der Waals surface area contributed by atoms with Crippen molar-refractivity contribution in [2.75, 3.05) is 19.0 Å². The minimum Gasteiger partial charge on any atom is -0.378 e. The van der Waals surface area contributed by atoms with Gasteiger partial charge in [-0.05, 0) is 35.8 Å². The number of aryl methyl sites for hydroxylation is 1. The molecule has 1 aliphatic heterocycles. The summed E-state index contributed by atoms with van der Waals surface area (Å²) >= 11 is 1.93. The summed E-state index contributed by atoms with van der Waals surface area (Å²) < 4.78 is 3.88. The molecule has 1 atom stereocenters. The van der Waals surface area contributed by atoms with E-state index in [2.05, 4.69) is 85.1 Å². The zero-order valence-corrected chi connectivity index (χ0v) is 15.3. The SMILES string of the molecule is CC1CC[n+]2c(sc3ccccc32)C1=Cc1ccc(N(C)C)cc1. The molecule has 3 heteroatoms. The number of nitrogens with zero attached hydrogens (tertiary/aromatic N) is 2. The minimum atomic E-state index is 0.603. The van der Waals surface area contributed by atoms with E-state index in [9.17, 15) is 0 Å². The summed E-state index contributed by atoms with van der Waals surface area (Å²) in [5, 5.41) is 1.42. The number of hydrogen-bond acceptors (Lipinski definition) is 2. The summed E-state index contributed by atoms with van der Waals surface area (Å²) in [6, 6.07) is 17.6. The van der Waals surface area contributed by atoms with Crippen molar-refractivity contribution in [3.8, 4) is 0 Å². The largest absolute Gasteiger partial charge is 0.378 e. The molecule has 2 nitrogen and oxygen atoms in total. The van der Waals surface area contributed by atoms with Crippen LogP contribution in [0.2, 0.25) is 0 Å². The van der Waals surface area contributed by atoms with Crippen LogP contribution in [-0.2, 0) is 6.54 Å². The van der Waals surface area contributed by atoms with Crippen molar-refractivity contribution in [1.82, 2.24) is 0 Å². The predicted molar refractivity (Wildman–Crippen MR) is 104 cm³/mol. The van der Waals surface area contributed by atoms with Crippen molar-refractivity contribution < 1.29 is 4.57 Å². The molecular weight excluding hydrogens is 312 g/mol. The third-order valence-electron chi connectivity index (χ3n) is 4.90. The second-order valence-corrected chi connectivity index (χ2v) is 7.83. The third-order valence-corrected chi connectivity index (χ3v) is 6.12. The van der Waals surface area contributed by atoms with Crippen LogP contribution in [-0.4, -0.2) is 14.1 Å². The molecule has 4 rings (SSSR count). The Bertz CT molecular complexity index is 903. The molecule has 0 saturated heterocycles. The van der Waals surface area contributed by atoms with Gasteiger partial charge in [-0.2, -0.15) is 4.57 Å². The third kappa shape index (κ3) is 2.63. The minimum absolute atomic E-state index is 0.603. The van der Waals surface area contributed by atoms with Crippen LogP contribution in [0.15, 0.2) is 48.5 Å². The number of aromatic nitrogens is 1. The lowest BCUT2D eigenvalue weighted by Crippen LogP contribution is -2.40. The van der Waals surface area contributed by atoms with Crippen molar-refractivity contribution >= 4 is 38.9 Å². The Labute approximate surface area is 147 Å². The van der Waals surface area contributed by atoms with Gasteiger partial charge in [-0.3, -0.25) is 0 Å². The monoisotopic (exact) mass is 335 g/mol. The van der Waals surface area contributed by atoms with Gasteiger partial charge in [-0.1, -0.05) is 42.5 Å². The number of allylic oxidation sites excluding steroid dienone is 1. The van der Waals surface area contributed by atoms with Crippen LogP contribution in [0, 0.1) is 5.92 Å². The predicted octanol–water partition coefficient (Wildman–Crippen LogP) is 4.84. The van der Waals surface area contributed by atoms with E-state index in [0.29, 0.717) is 5.92 Å². The molecule has 0 bridgehead atoms. The topological polar surface area (TPSA) is 7.12 Å². The molecule has 0 N–H and O–H groups in total. The zero-order chi connectivity index (χ0) is 16.7. The Morgan fingerprint density at radius 1 is 1.08 bits per heavy atom. The Kier molecular flexibility index (Phi) is 3.89. The molecule has 1 aliphatic rings. The highest BCUT2D eigenvalue weighted by Gasteiger charge is 2.31. The van der Waals surface area contributed by atoms with Gasteiger partial charge in [0.25, 0.3) is 5.01 Å². The first-order valence-corrected chi connectivity index (χ1v) is 9.36. The van der Waals surface area contributed by atoms with Gasteiger partial charge in [0.2, 0.25) is 5.52 Å². The molecular formula is C21H23N2S+. The average molecular weight is 335 g/mol. The molecule has 0 saturated carbocycles. The lowest BCUT2D eigenvalue weighted by molar-refractivity contribution is -0.673. The molecule has 122 valence electrons. The van der Waals surface area contributed by atoms with Crippen LogP contribution in [0.25, 0.3) is 21.9 Å². The van der Waals surface area contributed by atoms with Gasteiger partial charge in [-0.15, -0.1) is 0 Å². The second kappa shape index (κ2) is 6.06. The second-order valence-electron chi connectivity index (χ2n) is 6.80. The molecule has 0 fully saturated rings. The summed E-state index contributed by atoms with van der Waals surface area (Å²) in [5.74, 6) is 0.603. The number of anilines is 1. The Hall–Kier alpha value is -2.13. The number of thiazole rings is 1. The zero-order valence-electron chi connectivity index (χ0n) is 14.5. The van der Waals surface area contributed by atoms with Crippen LogP contribution in [0.5, 0.6) is 0 Å². The fraction of sp³-hybridized carbons (Fsp3) is 0.286. The molecule has 1 aromatic heterocycles. The van der Waals surface area contributed by atoms with E-state index < -0.39 is 0 Å². The van der Waals surface area contributed by atoms with Crippen LogP contribution >= 0.6 is 11.3 Å². The van der Waals surface area contributed by atoms with Gasteiger partial charge in [0.15, 0.2) is 6.54 Å². The number of benzene rings is 2. The van der Waals surface area contributed by atoms with Gasteiger partial charge in [0.05, 0.1) is 0 Å². The quantitative estimate of drug-likeness (QED) is 0.608. The number of hydrogen-bond donors (Lipinski definition) is 0. The lowest BCUT2D eigenvalue weighted by Gasteiger charge is -2.17. The molecule has 2 aromatic carbocycles. The van der Waals surface area contributed by atoms with Crippen LogP contribution in [0.4, 0.5) is 5.69 Å². The van der Waals surface area contributed by atoms with E-state index in [1.807, 2.05) is 11.3 Å². The van der Waals surface area contributed by atoms with E-state index in [1.165, 1.54) is 38.5 Å². The normalized spacial score (nSPS) is 18.8. The highest BCUT2D eigenvalue weighted by Crippen LogP contribution is 2.36. The maximum Gasteiger partial charge on any atom is 0.266 e. The first-order chi connectivity index (χ1) is 11.6. The smallest absolute Gasteiger partial charge is 0.266 e.